The molecular formula is C43H51NO16. The molecular weight excluding hydrogens is 786 g/mol. The maximum Gasteiger partial charge on any atom is 0.316 e. The molecule has 8 rings (SSSR count). The summed E-state index contributed by atoms with van der Waals surface area (Å²) in [5.41, 5.74) is -3.28. The molecule has 0 amide bonds. The maximum atomic E-state index is 14.0. The second kappa shape index (κ2) is 15.9. The van der Waals surface area contributed by atoms with Crippen LogP contribution in [0.5, 0.6) is 11.5 Å². The molecule has 14 atom stereocenters. The molecule has 0 spiro atoms. The van der Waals surface area contributed by atoms with Gasteiger partial charge in [-0.1, -0.05) is 12.1 Å². The van der Waals surface area contributed by atoms with Crippen molar-refractivity contribution in [3.63, 3.8) is 0 Å². The number of aromatic hydroxyl groups is 2. The summed E-state index contributed by atoms with van der Waals surface area (Å²) < 4.78 is 49.5. The lowest BCUT2D eigenvalue weighted by molar-refractivity contribution is -0.371. The Bertz CT molecular complexity index is 2100. The van der Waals surface area contributed by atoms with E-state index in [1.165, 1.54) is 31.2 Å². The van der Waals surface area contributed by atoms with Gasteiger partial charge < -0.3 is 58.1 Å². The molecule has 2 aliphatic carbocycles. The Morgan fingerprint density at radius 1 is 0.883 bits per heavy atom. The highest BCUT2D eigenvalue weighted by Crippen LogP contribution is 2.54. The van der Waals surface area contributed by atoms with E-state index in [0.29, 0.717) is 6.42 Å². The van der Waals surface area contributed by atoms with Gasteiger partial charge in [-0.25, -0.2) is 0 Å². The van der Waals surface area contributed by atoms with Crippen LogP contribution in [0.25, 0.3) is 0 Å². The van der Waals surface area contributed by atoms with Gasteiger partial charge in [0.15, 0.2) is 30.4 Å². The Labute approximate surface area is 346 Å². The molecule has 60 heavy (non-hydrogen) atoms. The fraction of sp³-hybridized carbons (Fsp3) is 0.605. The number of aliphatic hydroxyl groups is 1. The van der Waals surface area contributed by atoms with E-state index in [1.807, 2.05) is 25.9 Å². The first-order chi connectivity index (χ1) is 28.4. The van der Waals surface area contributed by atoms with Crippen LogP contribution in [-0.4, -0.2) is 144 Å². The van der Waals surface area contributed by atoms with Crippen LogP contribution in [0.15, 0.2) is 24.3 Å². The molecule has 324 valence electrons. The summed E-state index contributed by atoms with van der Waals surface area (Å²) in [6.45, 7) is 6.62. The van der Waals surface area contributed by atoms with Crippen molar-refractivity contribution in [1.29, 1.82) is 0 Å². The number of methoxy groups -OCH3 is 1. The number of ketones is 4. The Morgan fingerprint density at radius 2 is 1.60 bits per heavy atom. The van der Waals surface area contributed by atoms with Gasteiger partial charge in [0.05, 0.1) is 48.3 Å². The number of carbonyl (C=O) groups excluding carboxylic acids is 5. The lowest BCUT2D eigenvalue weighted by Crippen LogP contribution is -2.62. The molecule has 2 aromatic rings. The first-order valence-corrected chi connectivity index (χ1v) is 20.3. The highest BCUT2D eigenvalue weighted by molar-refractivity contribution is 6.30. The van der Waals surface area contributed by atoms with Crippen molar-refractivity contribution in [3.8, 4) is 11.5 Å². The highest BCUT2D eigenvalue weighted by Gasteiger charge is 2.55. The molecule has 0 radical (unpaired) electrons. The van der Waals surface area contributed by atoms with Crippen molar-refractivity contribution in [2.24, 2.45) is 0 Å². The van der Waals surface area contributed by atoms with Crippen molar-refractivity contribution < 1.29 is 77.2 Å². The molecule has 0 bridgehead atoms. The average Bonchev–Trinajstić information content (AvgIpc) is 3.16. The van der Waals surface area contributed by atoms with Gasteiger partial charge in [-0.2, -0.15) is 0 Å². The first kappa shape index (κ1) is 42.5. The fourth-order valence-corrected chi connectivity index (χ4v) is 9.97. The van der Waals surface area contributed by atoms with Gasteiger partial charge in [-0.15, -0.1) is 0 Å². The largest absolute Gasteiger partial charge is 0.507 e. The van der Waals surface area contributed by atoms with Gasteiger partial charge in [0.1, 0.15) is 47.6 Å². The van der Waals surface area contributed by atoms with E-state index in [9.17, 15) is 39.3 Å². The van der Waals surface area contributed by atoms with Crippen molar-refractivity contribution in [1.82, 2.24) is 4.90 Å². The number of phenols is 2. The molecule has 0 aromatic heterocycles. The Morgan fingerprint density at radius 3 is 2.30 bits per heavy atom. The molecule has 4 saturated heterocycles. The molecule has 4 aliphatic heterocycles. The zero-order valence-electron chi connectivity index (χ0n) is 34.4. The predicted molar refractivity (Wildman–Crippen MR) is 204 cm³/mol. The number of likely N-dealkylation sites (N-methyl/N-ethyl adjacent to an activating group) is 1. The van der Waals surface area contributed by atoms with Gasteiger partial charge in [-0.3, -0.25) is 24.0 Å². The third kappa shape index (κ3) is 7.26. The predicted octanol–water partition coefficient (Wildman–Crippen LogP) is 2.74. The molecule has 17 heteroatoms. The summed E-state index contributed by atoms with van der Waals surface area (Å²) in [6.07, 6.45) is -7.58. The molecule has 4 heterocycles. The van der Waals surface area contributed by atoms with Crippen molar-refractivity contribution in [2.75, 3.05) is 21.2 Å². The second-order valence-corrected chi connectivity index (χ2v) is 17.1. The lowest BCUT2D eigenvalue weighted by atomic mass is 9.66. The molecule has 17 nitrogen and oxygen atoms in total. The van der Waals surface area contributed by atoms with E-state index in [4.69, 9.17) is 37.9 Å². The van der Waals surface area contributed by atoms with Gasteiger partial charge in [0.25, 0.3) is 0 Å². The zero-order chi connectivity index (χ0) is 43.1. The minimum Gasteiger partial charge on any atom is -0.507 e. The molecule has 0 saturated carbocycles. The number of hydrogen-bond donors (Lipinski definition) is 3. The van der Waals surface area contributed by atoms with Crippen molar-refractivity contribution in [3.05, 3.63) is 57.6 Å². The summed E-state index contributed by atoms with van der Waals surface area (Å²) >= 11 is 0. The molecule has 2 aromatic carbocycles. The van der Waals surface area contributed by atoms with Crippen LogP contribution in [0.4, 0.5) is 0 Å². The summed E-state index contributed by atoms with van der Waals surface area (Å²) in [7, 11) is 4.84. The Kier molecular flexibility index (Phi) is 11.3. The van der Waals surface area contributed by atoms with Crippen LogP contribution in [0, 0.1) is 0 Å². The first-order valence-electron chi connectivity index (χ1n) is 20.3. The quantitative estimate of drug-likeness (QED) is 0.278. The van der Waals surface area contributed by atoms with Crippen molar-refractivity contribution >= 4 is 29.1 Å². The van der Waals surface area contributed by atoms with E-state index in [-0.39, 0.29) is 52.5 Å². The number of carbonyl (C=O) groups is 5. The number of hydrogen-bond acceptors (Lipinski definition) is 17. The van der Waals surface area contributed by atoms with Crippen molar-refractivity contribution in [2.45, 2.75) is 145 Å². The fourth-order valence-electron chi connectivity index (χ4n) is 9.97. The SMILES string of the molecule is COC(=O)[C@@H]1c2cc3c(c(O)c2[C@@H](O[C@@H]2C[C@H](N(C)C)[C@@H](O[C@@H]4C[C@@H]5O[C@H]6CC(=O)[C@H](C)O[C@@H]6O[C@@H]5[C@@H](C)O4)[C@@H](C)O2)C[C@@]1(O)CC(C)=O)C(=O)c1c(O)cccc1C3=O. The van der Waals surface area contributed by atoms with Gasteiger partial charge in [0, 0.05) is 54.8 Å². The molecule has 6 aliphatic rings. The number of ether oxygens (including phenoxy) is 8. The average molecular weight is 838 g/mol. The number of esters is 1. The summed E-state index contributed by atoms with van der Waals surface area (Å²) in [4.78, 5) is 68.4. The number of Topliss-reactive ketones (excluding diaryl/α,β-unsaturated/α-hetero) is 2. The third-order valence-corrected chi connectivity index (χ3v) is 12.7. The molecule has 0 unspecified atom stereocenters. The van der Waals surface area contributed by atoms with Crippen LogP contribution < -0.4 is 0 Å². The number of nitrogens with zero attached hydrogens (tertiary/aromatic N) is 1. The van der Waals surface area contributed by atoms with E-state index in [2.05, 4.69) is 0 Å². The van der Waals surface area contributed by atoms with Crippen LogP contribution in [0.3, 0.4) is 0 Å². The number of fused-ring (bicyclic) bond motifs is 5. The normalized spacial score (nSPS) is 37.4. The minimum atomic E-state index is -2.12. The van der Waals surface area contributed by atoms with Gasteiger partial charge in [0.2, 0.25) is 5.78 Å². The Hall–Kier alpha value is -4.17. The topological polar surface area (TPSA) is 223 Å². The summed E-state index contributed by atoms with van der Waals surface area (Å²) in [6, 6.07) is 4.93. The standard InChI is InChI=1S/C43H51NO16/c1-17(45)15-43(52)16-29(33-22(35(43)41(51)53-7)11-23-34(38(33)50)37(49)32-21(36(23)48)9-8-10-25(32)46)58-30-12-24(44(5)6)39(19(3)54-30)59-31-14-27-40(20(4)55-31)60-42-28(57-27)13-26(47)18(2)56-42/h8-11,18-20,24,27-31,35,39-40,42,46,50,52H,12-16H2,1-7H3/t18-,19+,20+,24-,27-,28-,29-,30+,31+,35-,39-,40+,42+,43-/m0/s1. The number of phenolic OH excluding ortho intramolecular Hbond substituents is 2. The number of benzene rings is 2. The molecule has 4 fully saturated rings. The third-order valence-electron chi connectivity index (χ3n) is 12.7. The summed E-state index contributed by atoms with van der Waals surface area (Å²) in [5.74, 6) is -5.67. The maximum absolute atomic E-state index is 14.0. The van der Waals surface area contributed by atoms with Gasteiger partial charge in [-0.05, 0) is 59.5 Å². The van der Waals surface area contributed by atoms with E-state index in [1.54, 1.807) is 13.8 Å². The Balaban J connectivity index is 1.08. The smallest absolute Gasteiger partial charge is 0.316 e. The van der Waals surface area contributed by atoms with Gasteiger partial charge >= 0.3 is 5.97 Å². The van der Waals surface area contributed by atoms with Crippen LogP contribution >= 0.6 is 0 Å². The zero-order valence-corrected chi connectivity index (χ0v) is 34.4. The monoisotopic (exact) mass is 837 g/mol. The van der Waals surface area contributed by atoms with E-state index >= 15 is 0 Å². The van der Waals surface area contributed by atoms with E-state index < -0.39 is 132 Å². The number of rotatable bonds is 8. The van der Waals surface area contributed by atoms with Crippen LogP contribution in [0.1, 0.15) is 115 Å². The summed E-state index contributed by atoms with van der Waals surface area (Å²) in [5, 5.41) is 35.0. The lowest BCUT2D eigenvalue weighted by Gasteiger charge is -2.51. The van der Waals surface area contributed by atoms with Crippen LogP contribution in [0.2, 0.25) is 0 Å². The van der Waals surface area contributed by atoms with Crippen LogP contribution in [-0.2, 0) is 52.3 Å². The molecule has 3 N–H and O–H groups in total. The minimum absolute atomic E-state index is 0.0575. The highest BCUT2D eigenvalue weighted by atomic mass is 16.8. The second-order valence-electron chi connectivity index (χ2n) is 17.1. The van der Waals surface area contributed by atoms with E-state index in [0.717, 1.165) is 7.11 Å².